The SMILES string of the molecule is CC[C@H](C)[C@H](NC(=O)[C@@H](N)[C@@H](C)O)C(=O)N[C@@H](CCC(=O)O)C(=O)N[C@@H](CCSC)C(=O)N1CCC[C@H]1C(=O)N[C@@H](CCC(N)=O)C(=O)O. The quantitative estimate of drug-likeness (QED) is 0.0567. The Kier molecular flexibility index (Phi) is 18.6. The van der Waals surface area contributed by atoms with Gasteiger partial charge in [-0.25, -0.2) is 4.79 Å². The number of thioether (sulfide) groups is 1. The van der Waals surface area contributed by atoms with Crippen LogP contribution in [0.25, 0.3) is 0 Å². The third-order valence-electron chi connectivity index (χ3n) is 8.25. The molecule has 1 saturated heterocycles. The zero-order chi connectivity index (χ0) is 37.4. The fourth-order valence-corrected chi connectivity index (χ4v) is 5.52. The molecule has 19 heteroatoms. The van der Waals surface area contributed by atoms with Gasteiger partial charge in [-0.2, -0.15) is 11.8 Å². The van der Waals surface area contributed by atoms with Crippen LogP contribution in [0.15, 0.2) is 0 Å². The van der Waals surface area contributed by atoms with Crippen LogP contribution < -0.4 is 32.7 Å². The summed E-state index contributed by atoms with van der Waals surface area (Å²) in [4.78, 5) is 102. The first-order chi connectivity index (χ1) is 22.9. The maximum Gasteiger partial charge on any atom is 0.326 e. The molecule has 6 amide bonds. The summed E-state index contributed by atoms with van der Waals surface area (Å²) in [6, 6.07) is -7.66. The van der Waals surface area contributed by atoms with Crippen LogP contribution in [-0.2, 0) is 38.4 Å². The molecule has 0 radical (unpaired) electrons. The molecule has 0 spiro atoms. The largest absolute Gasteiger partial charge is 0.481 e. The average molecular weight is 718 g/mol. The summed E-state index contributed by atoms with van der Waals surface area (Å²) in [6.07, 6.45) is 0.285. The van der Waals surface area contributed by atoms with Gasteiger partial charge >= 0.3 is 11.9 Å². The zero-order valence-corrected chi connectivity index (χ0v) is 29.1. The van der Waals surface area contributed by atoms with E-state index in [0.717, 1.165) is 0 Å². The molecule has 18 nitrogen and oxygen atoms in total. The lowest BCUT2D eigenvalue weighted by molar-refractivity contribution is -0.145. The minimum atomic E-state index is -1.44. The van der Waals surface area contributed by atoms with E-state index in [1.165, 1.54) is 23.6 Å². The molecule has 0 bridgehead atoms. The summed E-state index contributed by atoms with van der Waals surface area (Å²) in [5, 5.41) is 38.4. The Morgan fingerprint density at radius 1 is 0.857 bits per heavy atom. The number of aliphatic carboxylic acids is 2. The van der Waals surface area contributed by atoms with Crippen molar-refractivity contribution in [3.05, 3.63) is 0 Å². The Hall–Kier alpha value is -3.97. The van der Waals surface area contributed by atoms with Crippen LogP contribution in [-0.4, -0.2) is 129 Å². The van der Waals surface area contributed by atoms with Crippen LogP contribution >= 0.6 is 11.8 Å². The van der Waals surface area contributed by atoms with Gasteiger partial charge in [0.05, 0.1) is 6.10 Å². The molecule has 1 fully saturated rings. The predicted molar refractivity (Wildman–Crippen MR) is 178 cm³/mol. The van der Waals surface area contributed by atoms with Gasteiger partial charge in [-0.15, -0.1) is 0 Å². The first kappa shape index (κ1) is 43.1. The number of hydrogen-bond donors (Lipinski definition) is 9. The second kappa shape index (κ2) is 21.2. The van der Waals surface area contributed by atoms with Crippen LogP contribution in [0.3, 0.4) is 0 Å². The van der Waals surface area contributed by atoms with Crippen LogP contribution in [0, 0.1) is 5.92 Å². The van der Waals surface area contributed by atoms with Crippen LogP contribution in [0.1, 0.15) is 72.1 Å². The Bertz CT molecular complexity index is 1200. The van der Waals surface area contributed by atoms with E-state index >= 15 is 0 Å². The summed E-state index contributed by atoms with van der Waals surface area (Å²) in [6.45, 7) is 4.86. The van der Waals surface area contributed by atoms with E-state index in [-0.39, 0.29) is 38.6 Å². The molecular weight excluding hydrogens is 666 g/mol. The van der Waals surface area contributed by atoms with Gasteiger partial charge in [-0.1, -0.05) is 20.3 Å². The number of hydrogen-bond acceptors (Lipinski definition) is 11. The number of carboxylic acid groups (broad SMARTS) is 2. The molecule has 0 saturated carbocycles. The van der Waals surface area contributed by atoms with Gasteiger partial charge in [0.15, 0.2) is 0 Å². The molecule has 1 heterocycles. The van der Waals surface area contributed by atoms with Crippen molar-refractivity contribution in [1.29, 1.82) is 0 Å². The van der Waals surface area contributed by atoms with Crippen molar-refractivity contribution in [3.8, 4) is 0 Å². The number of nitrogens with one attached hydrogen (secondary N) is 4. The highest BCUT2D eigenvalue weighted by molar-refractivity contribution is 7.98. The third kappa shape index (κ3) is 14.2. The molecule has 0 aromatic heterocycles. The Balaban J connectivity index is 3.24. The van der Waals surface area contributed by atoms with Gasteiger partial charge in [-0.3, -0.25) is 33.6 Å². The molecule has 8 atom stereocenters. The highest BCUT2D eigenvalue weighted by Gasteiger charge is 2.40. The van der Waals surface area contributed by atoms with E-state index in [9.17, 15) is 53.7 Å². The highest BCUT2D eigenvalue weighted by atomic mass is 32.2. The van der Waals surface area contributed by atoms with Gasteiger partial charge < -0.3 is 53.0 Å². The lowest BCUT2D eigenvalue weighted by atomic mass is 9.96. The number of likely N-dealkylation sites (tertiary alicyclic amines) is 1. The van der Waals surface area contributed by atoms with E-state index < -0.39 is 102 Å². The highest BCUT2D eigenvalue weighted by Crippen LogP contribution is 2.21. The van der Waals surface area contributed by atoms with E-state index in [2.05, 4.69) is 21.3 Å². The lowest BCUT2D eigenvalue weighted by Crippen LogP contribution is -2.60. The second-order valence-corrected chi connectivity index (χ2v) is 13.1. The summed E-state index contributed by atoms with van der Waals surface area (Å²) < 4.78 is 0. The maximum absolute atomic E-state index is 13.8. The van der Waals surface area contributed by atoms with Crippen molar-refractivity contribution >= 4 is 59.1 Å². The number of aliphatic hydroxyl groups excluding tert-OH is 1. The first-order valence-corrected chi connectivity index (χ1v) is 17.5. The molecule has 1 aliphatic rings. The van der Waals surface area contributed by atoms with Gasteiger partial charge in [0.2, 0.25) is 35.4 Å². The minimum absolute atomic E-state index is 0.106. The topological polar surface area (TPSA) is 301 Å². The lowest BCUT2D eigenvalue weighted by Gasteiger charge is -2.31. The maximum atomic E-state index is 13.8. The summed E-state index contributed by atoms with van der Waals surface area (Å²) in [5.74, 6) is -7.32. The number of carbonyl (C=O) groups excluding carboxylic acids is 6. The van der Waals surface area contributed by atoms with Crippen molar-refractivity contribution in [2.75, 3.05) is 18.6 Å². The number of nitrogens with two attached hydrogens (primary N) is 2. The number of amides is 6. The standard InChI is InChI=1S/C30H51N7O11S/c1-5-15(2)24(36-27(44)23(32)16(3)38)28(45)33-17(9-11-22(40)41)25(42)34-18(12-14-49-4)29(46)37-13-6-7-20(37)26(43)35-19(30(47)48)8-10-21(31)39/h15-20,23-24,38H,5-14,32H2,1-4H3,(H2,31,39)(H,33,45)(H,34,42)(H,35,43)(H,36,44)(H,40,41)(H,47,48)/t15-,16+,17-,18-,19-,20-,23-,24-/m0/s1. The molecule has 0 unspecified atom stereocenters. The molecule has 49 heavy (non-hydrogen) atoms. The Morgan fingerprint density at radius 3 is 2.00 bits per heavy atom. The molecule has 0 aromatic rings. The minimum Gasteiger partial charge on any atom is -0.481 e. The second-order valence-electron chi connectivity index (χ2n) is 12.1. The summed E-state index contributed by atoms with van der Waals surface area (Å²) in [5.41, 5.74) is 10.8. The third-order valence-corrected chi connectivity index (χ3v) is 8.90. The van der Waals surface area contributed by atoms with Crippen molar-refractivity contribution in [2.45, 2.75) is 114 Å². The van der Waals surface area contributed by atoms with Crippen molar-refractivity contribution < 1.29 is 53.7 Å². The van der Waals surface area contributed by atoms with E-state index in [4.69, 9.17) is 11.5 Å². The van der Waals surface area contributed by atoms with E-state index in [1.54, 1.807) is 20.1 Å². The van der Waals surface area contributed by atoms with Gasteiger partial charge in [0.1, 0.15) is 36.3 Å². The summed E-state index contributed by atoms with van der Waals surface area (Å²) in [7, 11) is 0. The number of carboxylic acids is 2. The average Bonchev–Trinajstić information content (AvgIpc) is 3.54. The molecule has 11 N–H and O–H groups in total. The number of carbonyl (C=O) groups is 8. The first-order valence-electron chi connectivity index (χ1n) is 16.1. The van der Waals surface area contributed by atoms with Crippen molar-refractivity contribution in [1.82, 2.24) is 26.2 Å². The number of primary amides is 1. The molecule has 278 valence electrons. The van der Waals surface area contributed by atoms with Crippen molar-refractivity contribution in [3.63, 3.8) is 0 Å². The molecule has 1 rings (SSSR count). The van der Waals surface area contributed by atoms with Gasteiger partial charge in [0.25, 0.3) is 0 Å². The molecular formula is C30H51N7O11S. The molecule has 1 aliphatic heterocycles. The fourth-order valence-electron chi connectivity index (χ4n) is 5.05. The fraction of sp³-hybridized carbons (Fsp3) is 0.733. The molecule has 0 aliphatic carbocycles. The Morgan fingerprint density at radius 2 is 1.47 bits per heavy atom. The Labute approximate surface area is 289 Å². The number of aliphatic hydroxyl groups is 1. The van der Waals surface area contributed by atoms with E-state index in [0.29, 0.717) is 18.6 Å². The predicted octanol–water partition coefficient (Wildman–Crippen LogP) is -2.36. The van der Waals surface area contributed by atoms with Crippen molar-refractivity contribution in [2.24, 2.45) is 17.4 Å². The smallest absolute Gasteiger partial charge is 0.326 e. The zero-order valence-electron chi connectivity index (χ0n) is 28.3. The number of rotatable bonds is 22. The normalized spacial score (nSPS) is 18.5. The van der Waals surface area contributed by atoms with Crippen LogP contribution in [0.5, 0.6) is 0 Å². The number of nitrogens with zero attached hydrogens (tertiary/aromatic N) is 1. The van der Waals surface area contributed by atoms with Gasteiger partial charge in [0, 0.05) is 19.4 Å². The summed E-state index contributed by atoms with van der Waals surface area (Å²) >= 11 is 1.38. The van der Waals surface area contributed by atoms with E-state index in [1.807, 2.05) is 0 Å². The molecule has 0 aromatic carbocycles. The van der Waals surface area contributed by atoms with Gasteiger partial charge in [-0.05, 0) is 57.0 Å². The van der Waals surface area contributed by atoms with Crippen LogP contribution in [0.4, 0.5) is 0 Å². The monoisotopic (exact) mass is 717 g/mol. The van der Waals surface area contributed by atoms with Crippen LogP contribution in [0.2, 0.25) is 0 Å².